The van der Waals surface area contributed by atoms with Crippen LogP contribution >= 0.6 is 0 Å². The molecule has 0 aromatic heterocycles. The summed E-state index contributed by atoms with van der Waals surface area (Å²) in [5.74, 6) is -0.821. The molecular weight excluding hydrogens is 250 g/mol. The fourth-order valence-corrected chi connectivity index (χ4v) is 3.00. The zero-order valence-corrected chi connectivity index (χ0v) is 12.6. The first-order valence-corrected chi connectivity index (χ1v) is 7.17. The van der Waals surface area contributed by atoms with E-state index in [0.29, 0.717) is 0 Å². The molecule has 1 aromatic rings. The van der Waals surface area contributed by atoms with Crippen molar-refractivity contribution in [3.8, 4) is 0 Å². The maximum absolute atomic E-state index is 10.7. The molecule has 1 aliphatic heterocycles. The first-order valence-electron chi connectivity index (χ1n) is 7.17. The lowest BCUT2D eigenvalue weighted by atomic mass is 9.97. The Kier molecular flexibility index (Phi) is 4.61. The number of carboxylic acids is 1. The molecule has 0 atom stereocenters. The number of piperidine rings is 1. The Morgan fingerprint density at radius 3 is 2.25 bits per heavy atom. The van der Waals surface area contributed by atoms with Crippen LogP contribution in [0, 0.1) is 20.8 Å². The number of aliphatic carboxylic acids is 1. The van der Waals surface area contributed by atoms with E-state index in [9.17, 15) is 4.79 Å². The topological polar surface area (TPSA) is 40.5 Å². The highest BCUT2D eigenvalue weighted by Gasteiger charge is 2.16. The van der Waals surface area contributed by atoms with Crippen LogP contribution in [0.25, 0.3) is 0 Å². The number of hydrogen-bond acceptors (Lipinski definition) is 2. The van der Waals surface area contributed by atoms with Crippen molar-refractivity contribution in [2.24, 2.45) is 0 Å². The summed E-state index contributed by atoms with van der Waals surface area (Å²) in [6.07, 6.45) is 3.12. The Bertz CT molecular complexity index is 513. The highest BCUT2D eigenvalue weighted by molar-refractivity contribution is 5.80. The molecule has 1 saturated heterocycles. The predicted molar refractivity (Wildman–Crippen MR) is 80.9 cm³/mol. The Balaban J connectivity index is 2.01. The molecule has 20 heavy (non-hydrogen) atoms. The van der Waals surface area contributed by atoms with Crippen LogP contribution in [-0.4, -0.2) is 29.1 Å². The van der Waals surface area contributed by atoms with Crippen molar-refractivity contribution in [2.45, 2.75) is 40.2 Å². The molecule has 1 aliphatic rings. The lowest BCUT2D eigenvalue weighted by Gasteiger charge is -2.29. The third kappa shape index (κ3) is 3.70. The minimum Gasteiger partial charge on any atom is -0.478 e. The molecule has 0 radical (unpaired) electrons. The summed E-state index contributed by atoms with van der Waals surface area (Å²) in [7, 11) is 0. The monoisotopic (exact) mass is 273 g/mol. The molecule has 0 saturated carbocycles. The van der Waals surface area contributed by atoms with Gasteiger partial charge in [0.2, 0.25) is 0 Å². The number of carboxylic acid groups (broad SMARTS) is 1. The van der Waals surface area contributed by atoms with E-state index in [1.165, 1.54) is 28.3 Å². The smallest absolute Gasteiger partial charge is 0.328 e. The summed E-state index contributed by atoms with van der Waals surface area (Å²) >= 11 is 0. The van der Waals surface area contributed by atoms with Crippen LogP contribution in [-0.2, 0) is 11.3 Å². The third-order valence-electron chi connectivity index (χ3n) is 4.05. The van der Waals surface area contributed by atoms with Crippen LogP contribution in [0.1, 0.15) is 35.1 Å². The van der Waals surface area contributed by atoms with Gasteiger partial charge in [-0.3, -0.25) is 4.90 Å². The van der Waals surface area contributed by atoms with Gasteiger partial charge < -0.3 is 5.11 Å². The van der Waals surface area contributed by atoms with Gasteiger partial charge in [0, 0.05) is 25.7 Å². The Hall–Kier alpha value is -1.61. The van der Waals surface area contributed by atoms with E-state index in [-0.39, 0.29) is 0 Å². The molecular formula is C17H23NO2. The van der Waals surface area contributed by atoms with E-state index in [1.54, 1.807) is 0 Å². The van der Waals surface area contributed by atoms with Gasteiger partial charge in [-0.15, -0.1) is 0 Å². The maximum Gasteiger partial charge on any atom is 0.328 e. The molecule has 3 heteroatoms. The number of carbonyl (C=O) groups is 1. The number of hydrogen-bond donors (Lipinski definition) is 1. The molecule has 0 aliphatic carbocycles. The van der Waals surface area contributed by atoms with E-state index in [1.807, 2.05) is 0 Å². The summed E-state index contributed by atoms with van der Waals surface area (Å²) in [4.78, 5) is 13.1. The first kappa shape index (κ1) is 14.8. The molecule has 2 rings (SSSR count). The number of benzene rings is 1. The van der Waals surface area contributed by atoms with E-state index in [4.69, 9.17) is 5.11 Å². The van der Waals surface area contributed by atoms with Crippen LogP contribution < -0.4 is 0 Å². The van der Waals surface area contributed by atoms with Gasteiger partial charge in [0.1, 0.15) is 0 Å². The first-order chi connectivity index (χ1) is 9.45. The SMILES string of the molecule is Cc1cc(C)c(CN2CCC(=CC(=O)O)CC2)c(C)c1. The summed E-state index contributed by atoms with van der Waals surface area (Å²) in [5.41, 5.74) is 6.50. The Morgan fingerprint density at radius 2 is 1.75 bits per heavy atom. The van der Waals surface area contributed by atoms with Crippen molar-refractivity contribution < 1.29 is 9.90 Å². The minimum absolute atomic E-state index is 0.821. The van der Waals surface area contributed by atoms with Gasteiger partial charge in [-0.05, 0) is 50.3 Å². The minimum atomic E-state index is -0.821. The van der Waals surface area contributed by atoms with Gasteiger partial charge in [-0.2, -0.15) is 0 Å². The van der Waals surface area contributed by atoms with Crippen LogP contribution in [0.2, 0.25) is 0 Å². The lowest BCUT2D eigenvalue weighted by Crippen LogP contribution is -2.31. The fourth-order valence-electron chi connectivity index (χ4n) is 3.00. The van der Waals surface area contributed by atoms with Gasteiger partial charge >= 0.3 is 5.97 Å². The van der Waals surface area contributed by atoms with Gasteiger partial charge in [0.05, 0.1) is 0 Å². The van der Waals surface area contributed by atoms with Crippen molar-refractivity contribution in [3.05, 3.63) is 46.0 Å². The fraction of sp³-hybridized carbons (Fsp3) is 0.471. The van der Waals surface area contributed by atoms with Crippen molar-refractivity contribution in [1.82, 2.24) is 4.90 Å². The number of nitrogens with zero attached hydrogens (tertiary/aromatic N) is 1. The molecule has 0 spiro atoms. The standard InChI is InChI=1S/C17H23NO2/c1-12-8-13(2)16(14(3)9-12)11-18-6-4-15(5-7-18)10-17(19)20/h8-10H,4-7,11H2,1-3H3,(H,19,20). The number of aryl methyl sites for hydroxylation is 3. The molecule has 1 N–H and O–H groups in total. The van der Waals surface area contributed by atoms with Crippen LogP contribution in [0.5, 0.6) is 0 Å². The van der Waals surface area contributed by atoms with E-state index < -0.39 is 5.97 Å². The summed E-state index contributed by atoms with van der Waals surface area (Å²) in [6.45, 7) is 9.35. The molecule has 1 heterocycles. The van der Waals surface area contributed by atoms with Crippen LogP contribution in [0.4, 0.5) is 0 Å². The van der Waals surface area contributed by atoms with Crippen molar-refractivity contribution >= 4 is 5.97 Å². The van der Waals surface area contributed by atoms with E-state index in [2.05, 4.69) is 37.8 Å². The van der Waals surface area contributed by atoms with Gasteiger partial charge in [-0.1, -0.05) is 23.3 Å². The average molecular weight is 273 g/mol. The van der Waals surface area contributed by atoms with Crippen molar-refractivity contribution in [1.29, 1.82) is 0 Å². The largest absolute Gasteiger partial charge is 0.478 e. The van der Waals surface area contributed by atoms with Gasteiger partial charge in [0.15, 0.2) is 0 Å². The van der Waals surface area contributed by atoms with Gasteiger partial charge in [-0.25, -0.2) is 4.79 Å². The van der Waals surface area contributed by atoms with Gasteiger partial charge in [0.25, 0.3) is 0 Å². The highest BCUT2D eigenvalue weighted by atomic mass is 16.4. The van der Waals surface area contributed by atoms with Crippen molar-refractivity contribution in [3.63, 3.8) is 0 Å². The lowest BCUT2D eigenvalue weighted by molar-refractivity contribution is -0.131. The third-order valence-corrected chi connectivity index (χ3v) is 4.05. The zero-order chi connectivity index (χ0) is 14.7. The van der Waals surface area contributed by atoms with Crippen molar-refractivity contribution in [2.75, 3.05) is 13.1 Å². The molecule has 0 bridgehead atoms. The Labute approximate surface area is 120 Å². The maximum atomic E-state index is 10.7. The Morgan fingerprint density at radius 1 is 1.20 bits per heavy atom. The highest BCUT2D eigenvalue weighted by Crippen LogP contribution is 2.22. The average Bonchev–Trinajstić information content (AvgIpc) is 2.35. The number of likely N-dealkylation sites (tertiary alicyclic amines) is 1. The summed E-state index contributed by atoms with van der Waals surface area (Å²) in [5, 5.41) is 8.78. The second kappa shape index (κ2) is 6.23. The molecule has 1 fully saturated rings. The van der Waals surface area contributed by atoms with Crippen LogP contribution in [0.3, 0.4) is 0 Å². The summed E-state index contributed by atoms with van der Waals surface area (Å²) < 4.78 is 0. The normalized spacial score (nSPS) is 16.2. The second-order valence-corrected chi connectivity index (χ2v) is 5.79. The summed E-state index contributed by atoms with van der Waals surface area (Å²) in [6, 6.07) is 4.48. The molecule has 108 valence electrons. The number of rotatable bonds is 3. The molecule has 0 amide bonds. The predicted octanol–water partition coefficient (Wildman–Crippen LogP) is 3.22. The van der Waals surface area contributed by atoms with E-state index in [0.717, 1.165) is 38.0 Å². The molecule has 3 nitrogen and oxygen atoms in total. The molecule has 1 aromatic carbocycles. The quantitative estimate of drug-likeness (QED) is 0.860. The van der Waals surface area contributed by atoms with E-state index >= 15 is 0 Å². The van der Waals surface area contributed by atoms with Crippen LogP contribution in [0.15, 0.2) is 23.8 Å². The zero-order valence-electron chi connectivity index (χ0n) is 12.6. The second-order valence-electron chi connectivity index (χ2n) is 5.79. The molecule has 0 unspecified atom stereocenters.